The normalized spacial score (nSPS) is 11.2. The number of nitrogens with two attached hydrogens (primary N) is 1. The van der Waals surface area contributed by atoms with E-state index in [4.69, 9.17) is 10.3 Å². The lowest BCUT2D eigenvalue weighted by molar-refractivity contribution is -0.122. The van der Waals surface area contributed by atoms with Gasteiger partial charge in [0, 0.05) is 24.4 Å². The van der Waals surface area contributed by atoms with Gasteiger partial charge in [0.05, 0.1) is 24.6 Å². The summed E-state index contributed by atoms with van der Waals surface area (Å²) in [5, 5.41) is 6.65. The maximum atomic E-state index is 11.8. The highest BCUT2D eigenvalue weighted by molar-refractivity contribution is 5.85. The largest absolute Gasteiger partial charge is 0.359 e. The first-order chi connectivity index (χ1) is 9.69. The molecule has 1 amide bonds. The molecule has 2 aromatic heterocycles. The predicted octanol–water partition coefficient (Wildman–Crippen LogP) is 1.38. The number of carbonyl (C=O) groups excluding carboxylic acids is 1. The second-order valence-corrected chi connectivity index (χ2v) is 4.64. The van der Waals surface area contributed by atoms with E-state index in [1.807, 2.05) is 6.07 Å². The number of amides is 1. The Bertz CT molecular complexity index is 544. The molecule has 2 rings (SSSR count). The van der Waals surface area contributed by atoms with Crippen LogP contribution in [0.4, 0.5) is 0 Å². The number of carbonyl (C=O) groups is 1. The second kappa shape index (κ2) is 10.2. The van der Waals surface area contributed by atoms with Crippen molar-refractivity contribution in [3.8, 4) is 0 Å². The number of hydrogen-bond donors (Lipinski definition) is 3. The predicted molar refractivity (Wildman–Crippen MR) is 87.1 cm³/mol. The van der Waals surface area contributed by atoms with Gasteiger partial charge in [0.2, 0.25) is 5.91 Å². The molecular weight excluding hydrogens is 329 g/mol. The Morgan fingerprint density at radius 1 is 1.50 bits per heavy atom. The zero-order chi connectivity index (χ0) is 14.4. The maximum absolute atomic E-state index is 11.8. The van der Waals surface area contributed by atoms with Gasteiger partial charge in [-0.1, -0.05) is 18.5 Å². The van der Waals surface area contributed by atoms with Crippen molar-refractivity contribution in [1.82, 2.24) is 20.4 Å². The fourth-order valence-electron chi connectivity index (χ4n) is 1.84. The highest BCUT2D eigenvalue weighted by Crippen LogP contribution is 2.05. The highest BCUT2D eigenvalue weighted by Gasteiger charge is 2.15. The van der Waals surface area contributed by atoms with Crippen LogP contribution in [0.3, 0.4) is 0 Å². The fraction of sp³-hybridized carbons (Fsp3) is 0.462. The molecule has 0 spiro atoms. The number of nitrogens with one attached hydrogen (secondary N) is 2. The first kappa shape index (κ1) is 20.4. The van der Waals surface area contributed by atoms with Crippen molar-refractivity contribution in [2.75, 3.05) is 0 Å². The molecule has 1 atom stereocenters. The number of H-pyrrole nitrogens is 1. The SMILES string of the molecule is CCCc1cc(CNC(=O)[C@@H](N)Cc2cnc[nH]2)on1.Cl.Cl. The van der Waals surface area contributed by atoms with Crippen LogP contribution in [0.5, 0.6) is 0 Å². The van der Waals surface area contributed by atoms with E-state index in [-0.39, 0.29) is 30.7 Å². The molecule has 9 heteroatoms. The van der Waals surface area contributed by atoms with Gasteiger partial charge in [0.1, 0.15) is 0 Å². The van der Waals surface area contributed by atoms with Gasteiger partial charge in [0.25, 0.3) is 0 Å². The van der Waals surface area contributed by atoms with Gasteiger partial charge in [-0.15, -0.1) is 24.8 Å². The Kier molecular flexibility index (Phi) is 9.48. The van der Waals surface area contributed by atoms with Gasteiger partial charge >= 0.3 is 0 Å². The van der Waals surface area contributed by atoms with Crippen molar-refractivity contribution in [2.24, 2.45) is 5.73 Å². The Labute approximate surface area is 141 Å². The molecule has 2 aromatic rings. The minimum Gasteiger partial charge on any atom is -0.359 e. The molecule has 22 heavy (non-hydrogen) atoms. The van der Waals surface area contributed by atoms with Crippen LogP contribution in [0.1, 0.15) is 30.5 Å². The average molecular weight is 350 g/mol. The van der Waals surface area contributed by atoms with Crippen LogP contribution in [-0.2, 0) is 24.2 Å². The minimum absolute atomic E-state index is 0. The number of aromatic nitrogens is 3. The third kappa shape index (κ3) is 6.05. The van der Waals surface area contributed by atoms with Gasteiger partial charge in [-0.2, -0.15) is 0 Å². The second-order valence-electron chi connectivity index (χ2n) is 4.64. The van der Waals surface area contributed by atoms with E-state index in [1.54, 1.807) is 12.5 Å². The number of halogens is 2. The van der Waals surface area contributed by atoms with E-state index in [2.05, 4.69) is 27.4 Å². The molecule has 2 heterocycles. The molecule has 0 unspecified atom stereocenters. The molecule has 0 aliphatic heterocycles. The zero-order valence-corrected chi connectivity index (χ0v) is 13.9. The standard InChI is InChI=1S/C13H19N5O2.2ClH/c1-2-3-9-4-11(20-18-9)7-16-13(19)12(14)5-10-6-15-8-17-10;;/h4,6,8,12H,2-3,5,7,14H2,1H3,(H,15,17)(H,16,19);2*1H/t12-;;/m0../s1. The molecule has 0 saturated heterocycles. The van der Waals surface area contributed by atoms with Gasteiger partial charge in [-0.3, -0.25) is 4.79 Å². The minimum atomic E-state index is -0.617. The van der Waals surface area contributed by atoms with Crippen LogP contribution in [-0.4, -0.2) is 27.1 Å². The maximum Gasteiger partial charge on any atom is 0.237 e. The molecule has 0 aliphatic carbocycles. The summed E-state index contributed by atoms with van der Waals surface area (Å²) in [4.78, 5) is 18.6. The van der Waals surface area contributed by atoms with Crippen LogP contribution in [0.25, 0.3) is 0 Å². The molecule has 0 aliphatic rings. The molecule has 0 radical (unpaired) electrons. The Hall–Kier alpha value is -1.57. The Balaban J connectivity index is 0.00000220. The van der Waals surface area contributed by atoms with Crippen molar-refractivity contribution < 1.29 is 9.32 Å². The molecule has 0 saturated carbocycles. The number of nitrogens with zero attached hydrogens (tertiary/aromatic N) is 2. The first-order valence-electron chi connectivity index (χ1n) is 6.64. The monoisotopic (exact) mass is 349 g/mol. The molecule has 124 valence electrons. The lowest BCUT2D eigenvalue weighted by atomic mass is 10.1. The topological polar surface area (TPSA) is 110 Å². The molecule has 7 nitrogen and oxygen atoms in total. The van der Waals surface area contributed by atoms with E-state index < -0.39 is 6.04 Å². The summed E-state index contributed by atoms with van der Waals surface area (Å²) < 4.78 is 5.13. The van der Waals surface area contributed by atoms with Crippen LogP contribution >= 0.6 is 24.8 Å². The van der Waals surface area contributed by atoms with Gasteiger partial charge in [0.15, 0.2) is 5.76 Å². The molecule has 0 fully saturated rings. The van der Waals surface area contributed by atoms with Crippen LogP contribution < -0.4 is 11.1 Å². The van der Waals surface area contributed by atoms with Gasteiger partial charge < -0.3 is 20.6 Å². The number of rotatable bonds is 7. The summed E-state index contributed by atoms with van der Waals surface area (Å²) in [6.45, 7) is 2.37. The average Bonchev–Trinajstić information content (AvgIpc) is 3.08. The number of imidazole rings is 1. The Morgan fingerprint density at radius 3 is 2.91 bits per heavy atom. The summed E-state index contributed by atoms with van der Waals surface area (Å²) >= 11 is 0. The number of aromatic amines is 1. The fourth-order valence-corrected chi connectivity index (χ4v) is 1.84. The van der Waals surface area contributed by atoms with Crippen LogP contribution in [0.2, 0.25) is 0 Å². The van der Waals surface area contributed by atoms with Crippen molar-refractivity contribution in [2.45, 2.75) is 38.8 Å². The van der Waals surface area contributed by atoms with Crippen molar-refractivity contribution in [3.05, 3.63) is 35.7 Å². The van der Waals surface area contributed by atoms with Crippen molar-refractivity contribution >= 4 is 30.7 Å². The summed E-state index contributed by atoms with van der Waals surface area (Å²) in [6, 6.07) is 1.23. The van der Waals surface area contributed by atoms with Gasteiger partial charge in [-0.25, -0.2) is 4.98 Å². The zero-order valence-electron chi connectivity index (χ0n) is 12.2. The summed E-state index contributed by atoms with van der Waals surface area (Å²) in [5.41, 5.74) is 7.55. The van der Waals surface area contributed by atoms with E-state index in [0.29, 0.717) is 18.7 Å². The molecule has 4 N–H and O–H groups in total. The van der Waals surface area contributed by atoms with E-state index in [0.717, 1.165) is 24.2 Å². The third-order valence-corrected chi connectivity index (χ3v) is 2.88. The van der Waals surface area contributed by atoms with Gasteiger partial charge in [-0.05, 0) is 6.42 Å². The smallest absolute Gasteiger partial charge is 0.237 e. The quantitative estimate of drug-likeness (QED) is 0.699. The lowest BCUT2D eigenvalue weighted by Crippen LogP contribution is -2.41. The van der Waals surface area contributed by atoms with Crippen molar-refractivity contribution in [3.63, 3.8) is 0 Å². The molecule has 0 aromatic carbocycles. The molecule has 0 bridgehead atoms. The lowest BCUT2D eigenvalue weighted by Gasteiger charge is -2.09. The highest BCUT2D eigenvalue weighted by atomic mass is 35.5. The van der Waals surface area contributed by atoms with E-state index in [1.165, 1.54) is 0 Å². The van der Waals surface area contributed by atoms with Crippen LogP contribution in [0.15, 0.2) is 23.1 Å². The third-order valence-electron chi connectivity index (χ3n) is 2.88. The van der Waals surface area contributed by atoms with Crippen LogP contribution in [0, 0.1) is 0 Å². The Morgan fingerprint density at radius 2 is 2.27 bits per heavy atom. The summed E-state index contributed by atoms with van der Waals surface area (Å²) in [6.07, 6.45) is 5.51. The first-order valence-corrected chi connectivity index (χ1v) is 6.64. The number of aryl methyl sites for hydroxylation is 1. The van der Waals surface area contributed by atoms with E-state index in [9.17, 15) is 4.79 Å². The summed E-state index contributed by atoms with van der Waals surface area (Å²) in [5.74, 6) is 0.406. The van der Waals surface area contributed by atoms with Crippen molar-refractivity contribution in [1.29, 1.82) is 0 Å². The molecular formula is C13H21Cl2N5O2. The summed E-state index contributed by atoms with van der Waals surface area (Å²) in [7, 11) is 0. The van der Waals surface area contributed by atoms with E-state index >= 15 is 0 Å². The number of hydrogen-bond acceptors (Lipinski definition) is 5.